The van der Waals surface area contributed by atoms with Gasteiger partial charge >= 0.3 is 6.18 Å². The maximum atomic E-state index is 11.8. The fraction of sp³-hybridized carbons (Fsp3) is 0.455. The Morgan fingerprint density at radius 2 is 2.06 bits per heavy atom. The molecule has 1 rings (SSSR count). The Bertz CT molecular complexity index is 381. The van der Waals surface area contributed by atoms with Crippen molar-refractivity contribution >= 4 is 11.6 Å². The van der Waals surface area contributed by atoms with Crippen LogP contribution in [-0.2, 0) is 4.74 Å². The average molecular weight is 268 g/mol. The van der Waals surface area contributed by atoms with Crippen LogP contribution in [0.1, 0.15) is 17.2 Å². The molecule has 2 nitrogen and oxygen atoms in total. The van der Waals surface area contributed by atoms with Crippen molar-refractivity contribution in [2.24, 2.45) is 5.73 Å². The molecule has 0 bridgehead atoms. The standard InChI is InChI=1S/C11H13ClF3NO/c1-7-2-3-8(4-9(7)12)10(16)5-17-6-11(13,14)15/h2-4,10H,5-6,16H2,1H3. The van der Waals surface area contributed by atoms with Crippen LogP contribution in [0.4, 0.5) is 13.2 Å². The van der Waals surface area contributed by atoms with E-state index in [9.17, 15) is 13.2 Å². The predicted octanol–water partition coefficient (Wildman–Crippen LogP) is 3.23. The summed E-state index contributed by atoms with van der Waals surface area (Å²) in [4.78, 5) is 0. The van der Waals surface area contributed by atoms with E-state index in [4.69, 9.17) is 17.3 Å². The number of hydrogen-bond acceptors (Lipinski definition) is 2. The summed E-state index contributed by atoms with van der Waals surface area (Å²) < 4.78 is 40.0. The molecule has 0 aliphatic carbocycles. The lowest BCUT2D eigenvalue weighted by Gasteiger charge is -2.14. The van der Waals surface area contributed by atoms with Gasteiger partial charge in [0.25, 0.3) is 0 Å². The summed E-state index contributed by atoms with van der Waals surface area (Å²) >= 11 is 5.89. The molecular formula is C11H13ClF3NO. The van der Waals surface area contributed by atoms with Gasteiger partial charge < -0.3 is 10.5 Å². The summed E-state index contributed by atoms with van der Waals surface area (Å²) in [5, 5.41) is 0.536. The summed E-state index contributed by atoms with van der Waals surface area (Å²) in [6.45, 7) is 0.344. The Morgan fingerprint density at radius 1 is 1.41 bits per heavy atom. The number of alkyl halides is 3. The number of benzene rings is 1. The van der Waals surface area contributed by atoms with E-state index in [1.807, 2.05) is 6.92 Å². The van der Waals surface area contributed by atoms with Crippen LogP contribution >= 0.6 is 11.6 Å². The third-order valence-electron chi connectivity index (χ3n) is 2.19. The second-order valence-electron chi connectivity index (χ2n) is 3.75. The molecule has 0 saturated carbocycles. The average Bonchev–Trinajstić information content (AvgIpc) is 2.20. The number of rotatable bonds is 4. The van der Waals surface area contributed by atoms with Crippen molar-refractivity contribution in [3.63, 3.8) is 0 Å². The van der Waals surface area contributed by atoms with E-state index in [2.05, 4.69) is 4.74 Å². The molecule has 96 valence electrons. The smallest absolute Gasteiger partial charge is 0.370 e. The summed E-state index contributed by atoms with van der Waals surface area (Å²) in [7, 11) is 0. The lowest BCUT2D eigenvalue weighted by atomic mass is 10.1. The zero-order valence-corrected chi connectivity index (χ0v) is 9.98. The highest BCUT2D eigenvalue weighted by molar-refractivity contribution is 6.31. The molecule has 0 amide bonds. The van der Waals surface area contributed by atoms with Crippen LogP contribution in [0.15, 0.2) is 18.2 Å². The molecule has 0 fully saturated rings. The summed E-state index contributed by atoms with van der Waals surface area (Å²) in [5.41, 5.74) is 7.24. The van der Waals surface area contributed by atoms with Crippen LogP contribution in [-0.4, -0.2) is 19.4 Å². The highest BCUT2D eigenvalue weighted by Gasteiger charge is 2.27. The zero-order valence-electron chi connectivity index (χ0n) is 9.22. The quantitative estimate of drug-likeness (QED) is 0.909. The van der Waals surface area contributed by atoms with Crippen molar-refractivity contribution in [1.29, 1.82) is 0 Å². The molecule has 2 N–H and O–H groups in total. The van der Waals surface area contributed by atoms with Gasteiger partial charge in [0.2, 0.25) is 0 Å². The Kier molecular flexibility index (Phi) is 4.80. The van der Waals surface area contributed by atoms with Gasteiger partial charge in [0.05, 0.1) is 12.6 Å². The van der Waals surface area contributed by atoms with Crippen LogP contribution in [0.3, 0.4) is 0 Å². The third-order valence-corrected chi connectivity index (χ3v) is 2.59. The fourth-order valence-electron chi connectivity index (χ4n) is 1.24. The van der Waals surface area contributed by atoms with Crippen LogP contribution in [0.5, 0.6) is 0 Å². The molecule has 0 aliphatic heterocycles. The second kappa shape index (κ2) is 5.71. The first-order valence-corrected chi connectivity index (χ1v) is 5.33. The predicted molar refractivity (Wildman–Crippen MR) is 60.0 cm³/mol. The zero-order chi connectivity index (χ0) is 13.1. The Labute approximate surface area is 103 Å². The Hall–Kier alpha value is -0.780. The van der Waals surface area contributed by atoms with Gasteiger partial charge in [0.1, 0.15) is 6.61 Å². The van der Waals surface area contributed by atoms with Gasteiger partial charge in [-0.2, -0.15) is 13.2 Å². The normalized spacial score (nSPS) is 13.8. The van der Waals surface area contributed by atoms with E-state index < -0.39 is 18.8 Å². The number of halogens is 4. The van der Waals surface area contributed by atoms with E-state index in [0.29, 0.717) is 10.6 Å². The van der Waals surface area contributed by atoms with Crippen LogP contribution < -0.4 is 5.73 Å². The topological polar surface area (TPSA) is 35.2 Å². The number of nitrogens with two attached hydrogens (primary N) is 1. The molecule has 0 saturated heterocycles. The molecule has 0 spiro atoms. The Morgan fingerprint density at radius 3 is 2.59 bits per heavy atom. The third kappa shape index (κ3) is 4.93. The molecule has 0 heterocycles. The highest BCUT2D eigenvalue weighted by atomic mass is 35.5. The lowest BCUT2D eigenvalue weighted by Crippen LogP contribution is -2.23. The van der Waals surface area contributed by atoms with Gasteiger partial charge in [-0.05, 0) is 24.1 Å². The van der Waals surface area contributed by atoms with E-state index in [1.165, 1.54) is 0 Å². The van der Waals surface area contributed by atoms with Crippen molar-refractivity contribution in [3.8, 4) is 0 Å². The number of ether oxygens (including phenoxy) is 1. The highest BCUT2D eigenvalue weighted by Crippen LogP contribution is 2.21. The lowest BCUT2D eigenvalue weighted by molar-refractivity contribution is -0.174. The summed E-state index contributed by atoms with van der Waals surface area (Å²) in [6.07, 6.45) is -4.33. The second-order valence-corrected chi connectivity index (χ2v) is 4.15. The van der Waals surface area contributed by atoms with Gasteiger partial charge in [-0.15, -0.1) is 0 Å². The minimum Gasteiger partial charge on any atom is -0.370 e. The molecule has 1 aromatic carbocycles. The largest absolute Gasteiger partial charge is 0.411 e. The van der Waals surface area contributed by atoms with Gasteiger partial charge in [0, 0.05) is 5.02 Å². The fourth-order valence-corrected chi connectivity index (χ4v) is 1.43. The maximum Gasteiger partial charge on any atom is 0.411 e. The van der Waals surface area contributed by atoms with Crippen molar-refractivity contribution in [1.82, 2.24) is 0 Å². The van der Waals surface area contributed by atoms with E-state index in [-0.39, 0.29) is 6.61 Å². The van der Waals surface area contributed by atoms with Crippen LogP contribution in [0.25, 0.3) is 0 Å². The van der Waals surface area contributed by atoms with Crippen LogP contribution in [0.2, 0.25) is 5.02 Å². The minimum atomic E-state index is -4.33. The van der Waals surface area contributed by atoms with Crippen molar-refractivity contribution < 1.29 is 17.9 Å². The Balaban J connectivity index is 2.52. The van der Waals surface area contributed by atoms with Gasteiger partial charge in [-0.3, -0.25) is 0 Å². The molecule has 1 unspecified atom stereocenters. The summed E-state index contributed by atoms with van der Waals surface area (Å²) in [5.74, 6) is 0. The van der Waals surface area contributed by atoms with Gasteiger partial charge in [-0.1, -0.05) is 23.7 Å². The van der Waals surface area contributed by atoms with Gasteiger partial charge in [0.15, 0.2) is 0 Å². The van der Waals surface area contributed by atoms with Crippen LogP contribution in [0, 0.1) is 6.92 Å². The van der Waals surface area contributed by atoms with E-state index >= 15 is 0 Å². The first-order valence-electron chi connectivity index (χ1n) is 4.96. The summed E-state index contributed by atoms with van der Waals surface area (Å²) in [6, 6.07) is 4.51. The van der Waals surface area contributed by atoms with Gasteiger partial charge in [-0.25, -0.2) is 0 Å². The minimum absolute atomic E-state index is 0.196. The molecule has 0 aliphatic rings. The molecule has 17 heavy (non-hydrogen) atoms. The molecule has 1 atom stereocenters. The first-order chi connectivity index (χ1) is 7.79. The molecular weight excluding hydrogens is 255 g/mol. The molecule has 0 radical (unpaired) electrons. The number of aryl methyl sites for hydroxylation is 1. The maximum absolute atomic E-state index is 11.8. The SMILES string of the molecule is Cc1ccc(C(N)COCC(F)(F)F)cc1Cl. The molecule has 6 heteroatoms. The number of hydrogen-bond donors (Lipinski definition) is 1. The van der Waals surface area contributed by atoms with E-state index in [1.54, 1.807) is 18.2 Å². The van der Waals surface area contributed by atoms with E-state index in [0.717, 1.165) is 5.56 Å². The molecule has 1 aromatic rings. The van der Waals surface area contributed by atoms with Crippen molar-refractivity contribution in [2.45, 2.75) is 19.1 Å². The monoisotopic (exact) mass is 267 g/mol. The molecule has 0 aromatic heterocycles. The van der Waals surface area contributed by atoms with Crippen molar-refractivity contribution in [2.75, 3.05) is 13.2 Å². The van der Waals surface area contributed by atoms with Crippen molar-refractivity contribution in [3.05, 3.63) is 34.3 Å². The first kappa shape index (κ1) is 14.3.